The van der Waals surface area contributed by atoms with E-state index in [2.05, 4.69) is 4.57 Å². The maximum absolute atomic E-state index is 13.7. The lowest BCUT2D eigenvalue weighted by molar-refractivity contribution is -0.145. The Balaban J connectivity index is 1.70. The molecular weight excluding hydrogens is 411 g/mol. The number of aliphatic hydroxyl groups excluding tert-OH is 1. The number of rotatable bonds is 4. The van der Waals surface area contributed by atoms with Crippen molar-refractivity contribution in [2.75, 3.05) is 26.3 Å². The number of fused-ring (bicyclic) bond motifs is 1. The summed E-state index contributed by atoms with van der Waals surface area (Å²) in [6.07, 6.45) is 0.679. The number of aromatic nitrogens is 1. The molecule has 0 spiro atoms. The molecule has 1 aromatic heterocycles. The minimum atomic E-state index is -1.03. The third kappa shape index (κ3) is 3.45. The summed E-state index contributed by atoms with van der Waals surface area (Å²) in [4.78, 5) is 13.9. The molecule has 0 radical (unpaired) electrons. The monoisotopic (exact) mass is 438 g/mol. The number of likely N-dealkylation sites (tertiary alicyclic amines) is 1. The van der Waals surface area contributed by atoms with Gasteiger partial charge in [0.15, 0.2) is 0 Å². The molecule has 0 unspecified atom stereocenters. The largest absolute Gasteiger partial charge is 0.506 e. The molecule has 2 saturated heterocycles. The minimum absolute atomic E-state index is 0.0134. The number of benzene rings is 2. The molecule has 2 aliphatic rings. The molecule has 2 aromatic carbocycles. The lowest BCUT2D eigenvalue weighted by atomic mass is 9.89. The van der Waals surface area contributed by atoms with Gasteiger partial charge in [-0.2, -0.15) is 0 Å². The summed E-state index contributed by atoms with van der Waals surface area (Å²) in [6, 6.07) is 12.0. The topological polar surface area (TPSA) is 74.9 Å². The van der Waals surface area contributed by atoms with Gasteiger partial charge < -0.3 is 24.4 Å². The number of phenols is 1. The van der Waals surface area contributed by atoms with Gasteiger partial charge in [-0.3, -0.25) is 4.79 Å². The second-order valence-electron chi connectivity index (χ2n) is 8.77. The lowest BCUT2D eigenvalue weighted by Crippen LogP contribution is -2.53. The van der Waals surface area contributed by atoms with Crippen LogP contribution in [0.2, 0.25) is 0 Å². The van der Waals surface area contributed by atoms with Gasteiger partial charge in [-0.1, -0.05) is 24.3 Å². The smallest absolute Gasteiger partial charge is 0.251 e. The summed E-state index contributed by atoms with van der Waals surface area (Å²) in [5, 5.41) is 21.5. The fourth-order valence-electron chi connectivity index (χ4n) is 5.10. The van der Waals surface area contributed by atoms with E-state index in [0.717, 1.165) is 40.6 Å². The first-order valence-electron chi connectivity index (χ1n) is 11.1. The molecule has 6 nitrogen and oxygen atoms in total. The van der Waals surface area contributed by atoms with Crippen LogP contribution in [0.1, 0.15) is 37.4 Å². The average Bonchev–Trinajstić information content (AvgIpc) is 3.10. The fourth-order valence-corrected chi connectivity index (χ4v) is 5.10. The third-order valence-corrected chi connectivity index (χ3v) is 6.68. The molecule has 7 heteroatoms. The minimum Gasteiger partial charge on any atom is -0.506 e. The standard InChI is InChI=1S/C25H27FN2O4/c1-15(29)25(31)27-13-19(14-27)28-23(17-9-11-32-12-10-17)22(16-5-7-18(26)8-6-16)20-3-2-4-21(30)24(20)28/h2-8,15,17,19,29-30H,9-14H2,1H3/t15-/m0/s1. The van der Waals surface area contributed by atoms with Gasteiger partial charge in [-0.05, 0) is 43.5 Å². The van der Waals surface area contributed by atoms with Gasteiger partial charge in [0.05, 0.1) is 11.6 Å². The Labute approximate surface area is 185 Å². The van der Waals surface area contributed by atoms with Crippen LogP contribution in [0.15, 0.2) is 42.5 Å². The first-order chi connectivity index (χ1) is 15.5. The van der Waals surface area contributed by atoms with Crippen LogP contribution in [0.25, 0.3) is 22.0 Å². The Morgan fingerprint density at radius 2 is 1.81 bits per heavy atom. The number of nitrogens with zero attached hydrogens (tertiary/aromatic N) is 2. The Hall–Kier alpha value is -2.90. The molecule has 3 heterocycles. The molecule has 1 amide bonds. The Kier molecular flexibility index (Phi) is 5.39. The molecule has 5 rings (SSSR count). The molecule has 2 fully saturated rings. The maximum Gasteiger partial charge on any atom is 0.251 e. The quantitative estimate of drug-likeness (QED) is 0.650. The summed E-state index contributed by atoms with van der Waals surface area (Å²) < 4.78 is 21.5. The van der Waals surface area contributed by atoms with Crippen molar-refractivity contribution in [1.29, 1.82) is 0 Å². The van der Waals surface area contributed by atoms with Crippen molar-refractivity contribution in [3.8, 4) is 16.9 Å². The highest BCUT2D eigenvalue weighted by molar-refractivity contribution is 6.01. The summed E-state index contributed by atoms with van der Waals surface area (Å²) >= 11 is 0. The number of carbonyl (C=O) groups excluding carboxylic acids is 1. The van der Waals surface area contributed by atoms with E-state index in [1.165, 1.54) is 19.1 Å². The van der Waals surface area contributed by atoms with Gasteiger partial charge in [-0.15, -0.1) is 0 Å². The van der Waals surface area contributed by atoms with Crippen LogP contribution in [0, 0.1) is 5.82 Å². The lowest BCUT2D eigenvalue weighted by Gasteiger charge is -2.42. The first-order valence-corrected chi connectivity index (χ1v) is 11.1. The number of phenolic OH excluding ortho intramolecular Hbond substituents is 1. The molecular formula is C25H27FN2O4. The molecule has 0 saturated carbocycles. The SMILES string of the molecule is C[C@H](O)C(=O)N1CC(n2c(C3CCOCC3)c(-c3ccc(F)cc3)c3cccc(O)c32)C1. The van der Waals surface area contributed by atoms with Gasteiger partial charge in [0.25, 0.3) is 5.91 Å². The van der Waals surface area contributed by atoms with Crippen LogP contribution >= 0.6 is 0 Å². The van der Waals surface area contributed by atoms with Gasteiger partial charge in [-0.25, -0.2) is 4.39 Å². The number of carbonyl (C=O) groups is 1. The highest BCUT2D eigenvalue weighted by Crippen LogP contribution is 2.47. The highest BCUT2D eigenvalue weighted by Gasteiger charge is 2.38. The van der Waals surface area contributed by atoms with Crippen molar-refractivity contribution in [3.63, 3.8) is 0 Å². The number of aromatic hydroxyl groups is 1. The number of hydrogen-bond donors (Lipinski definition) is 2. The molecule has 0 aliphatic carbocycles. The van der Waals surface area contributed by atoms with Crippen molar-refractivity contribution in [1.82, 2.24) is 9.47 Å². The van der Waals surface area contributed by atoms with Crippen LogP contribution in [0.3, 0.4) is 0 Å². The van der Waals surface area contributed by atoms with E-state index in [-0.39, 0.29) is 29.4 Å². The van der Waals surface area contributed by atoms with Crippen molar-refractivity contribution in [2.24, 2.45) is 0 Å². The molecule has 3 aromatic rings. The van der Waals surface area contributed by atoms with Crippen molar-refractivity contribution < 1.29 is 24.1 Å². The van der Waals surface area contributed by atoms with Crippen LogP contribution in [-0.2, 0) is 9.53 Å². The van der Waals surface area contributed by atoms with E-state index in [4.69, 9.17) is 4.74 Å². The Morgan fingerprint density at radius 3 is 2.47 bits per heavy atom. The number of ether oxygens (including phenoxy) is 1. The Morgan fingerprint density at radius 1 is 1.12 bits per heavy atom. The first kappa shape index (κ1) is 21.0. The van der Waals surface area contributed by atoms with Gasteiger partial charge in [0, 0.05) is 48.9 Å². The third-order valence-electron chi connectivity index (χ3n) is 6.68. The fraction of sp³-hybridized carbons (Fsp3) is 0.400. The highest BCUT2D eigenvalue weighted by atomic mass is 19.1. The van der Waals surface area contributed by atoms with Gasteiger partial charge in [0.1, 0.15) is 17.7 Å². The van der Waals surface area contributed by atoms with E-state index < -0.39 is 6.10 Å². The molecule has 1 atom stereocenters. The van der Waals surface area contributed by atoms with Gasteiger partial charge >= 0.3 is 0 Å². The van der Waals surface area contributed by atoms with Crippen LogP contribution in [0.4, 0.5) is 4.39 Å². The van der Waals surface area contributed by atoms with Crippen LogP contribution in [-0.4, -0.2) is 58.0 Å². The number of aliphatic hydroxyl groups is 1. The molecule has 168 valence electrons. The van der Waals surface area contributed by atoms with Crippen molar-refractivity contribution >= 4 is 16.8 Å². The molecule has 0 bridgehead atoms. The van der Waals surface area contributed by atoms with Gasteiger partial charge in [0.2, 0.25) is 0 Å². The van der Waals surface area contributed by atoms with E-state index in [1.54, 1.807) is 23.1 Å². The summed E-state index contributed by atoms with van der Waals surface area (Å²) in [7, 11) is 0. The number of hydrogen-bond acceptors (Lipinski definition) is 4. The van der Waals surface area contributed by atoms with Crippen LogP contribution in [0.5, 0.6) is 5.75 Å². The molecule has 2 N–H and O–H groups in total. The van der Waals surface area contributed by atoms with E-state index in [0.29, 0.717) is 26.3 Å². The summed E-state index contributed by atoms with van der Waals surface area (Å²) in [5.74, 6) is -0.172. The zero-order valence-corrected chi connectivity index (χ0v) is 18.0. The second-order valence-corrected chi connectivity index (χ2v) is 8.77. The number of halogens is 1. The predicted octanol–water partition coefficient (Wildman–Crippen LogP) is 3.81. The molecule has 2 aliphatic heterocycles. The molecule has 32 heavy (non-hydrogen) atoms. The van der Waals surface area contributed by atoms with E-state index >= 15 is 0 Å². The zero-order valence-electron chi connectivity index (χ0n) is 18.0. The second kappa shape index (κ2) is 8.22. The summed E-state index contributed by atoms with van der Waals surface area (Å²) in [5.41, 5.74) is 3.74. The van der Waals surface area contributed by atoms with E-state index in [9.17, 15) is 19.4 Å². The normalized spacial score (nSPS) is 18.7. The number of para-hydroxylation sites is 1. The summed E-state index contributed by atoms with van der Waals surface area (Å²) in [6.45, 7) is 3.76. The zero-order chi connectivity index (χ0) is 22.4. The van der Waals surface area contributed by atoms with Crippen molar-refractivity contribution in [2.45, 2.75) is 37.8 Å². The Bertz CT molecular complexity index is 1140. The number of amides is 1. The maximum atomic E-state index is 13.7. The van der Waals surface area contributed by atoms with Crippen LogP contribution < -0.4 is 0 Å². The predicted molar refractivity (Wildman–Crippen MR) is 119 cm³/mol. The van der Waals surface area contributed by atoms with Crippen molar-refractivity contribution in [3.05, 3.63) is 54.0 Å². The van der Waals surface area contributed by atoms with E-state index in [1.807, 2.05) is 12.1 Å². The average molecular weight is 438 g/mol.